The SMILES string of the molecule is COCCCn1c(CN2C(=O)/C(=N/OC(CC(O)O)C(O)O)c3ccccc32)nc2ccccc21. The molecule has 0 bridgehead atoms. The first-order valence-corrected chi connectivity index (χ1v) is 11.2. The van der Waals surface area contributed by atoms with E-state index in [1.165, 1.54) is 4.90 Å². The van der Waals surface area contributed by atoms with Crippen LogP contribution in [0.4, 0.5) is 5.69 Å². The highest BCUT2D eigenvalue weighted by Gasteiger charge is 2.36. The number of nitrogens with zero attached hydrogens (tertiary/aromatic N) is 4. The summed E-state index contributed by atoms with van der Waals surface area (Å²) in [6.07, 6.45) is -5.01. The number of aryl methyl sites for hydroxylation is 1. The van der Waals surface area contributed by atoms with Crippen molar-refractivity contribution in [2.75, 3.05) is 18.6 Å². The molecule has 1 aliphatic heterocycles. The Morgan fingerprint density at radius 1 is 1.06 bits per heavy atom. The molecule has 11 nitrogen and oxygen atoms in total. The maximum atomic E-state index is 13.4. The number of aliphatic hydroxyl groups excluding tert-OH is 2. The summed E-state index contributed by atoms with van der Waals surface area (Å²) in [7, 11) is 1.65. The molecule has 2 heterocycles. The van der Waals surface area contributed by atoms with Crippen LogP contribution in [-0.4, -0.2) is 74.0 Å². The number of ether oxygens (including phenoxy) is 1. The van der Waals surface area contributed by atoms with Crippen LogP contribution in [0.15, 0.2) is 53.7 Å². The van der Waals surface area contributed by atoms with Crippen LogP contribution in [0, 0.1) is 0 Å². The average Bonchev–Trinajstić information content (AvgIpc) is 3.31. The third-order valence-electron chi connectivity index (χ3n) is 5.72. The summed E-state index contributed by atoms with van der Waals surface area (Å²) in [5.74, 6) is 0.247. The van der Waals surface area contributed by atoms with Gasteiger partial charge in [-0.15, -0.1) is 0 Å². The van der Waals surface area contributed by atoms with Gasteiger partial charge in [-0.1, -0.05) is 35.5 Å². The van der Waals surface area contributed by atoms with Crippen molar-refractivity contribution in [2.24, 2.45) is 5.16 Å². The third kappa shape index (κ3) is 5.34. The van der Waals surface area contributed by atoms with Crippen LogP contribution in [-0.2, 0) is 27.5 Å². The number of fused-ring (bicyclic) bond motifs is 2. The van der Waals surface area contributed by atoms with Crippen molar-refractivity contribution in [1.82, 2.24) is 9.55 Å². The minimum absolute atomic E-state index is 0.0271. The van der Waals surface area contributed by atoms with Crippen molar-refractivity contribution in [3.05, 3.63) is 59.9 Å². The van der Waals surface area contributed by atoms with Crippen LogP contribution in [0.25, 0.3) is 11.0 Å². The second-order valence-corrected chi connectivity index (χ2v) is 8.14. The van der Waals surface area contributed by atoms with Gasteiger partial charge in [0.2, 0.25) is 0 Å². The van der Waals surface area contributed by atoms with Crippen LogP contribution < -0.4 is 4.90 Å². The van der Waals surface area contributed by atoms with E-state index < -0.39 is 31.0 Å². The fraction of sp³-hybridized carbons (Fsp3) is 0.375. The lowest BCUT2D eigenvalue weighted by atomic mass is 10.1. The monoisotopic (exact) mass is 484 g/mol. The number of methoxy groups -OCH3 is 1. The van der Waals surface area contributed by atoms with E-state index in [1.54, 1.807) is 31.4 Å². The van der Waals surface area contributed by atoms with Crippen LogP contribution in [0.5, 0.6) is 0 Å². The molecule has 4 N–H and O–H groups in total. The molecular weight excluding hydrogens is 456 g/mol. The number of carbonyl (C=O) groups is 1. The van der Waals surface area contributed by atoms with Gasteiger partial charge in [-0.2, -0.15) is 0 Å². The molecule has 0 radical (unpaired) electrons. The minimum Gasteiger partial charge on any atom is -0.386 e. The van der Waals surface area contributed by atoms with Gasteiger partial charge in [0.1, 0.15) is 5.82 Å². The zero-order valence-corrected chi connectivity index (χ0v) is 19.2. The van der Waals surface area contributed by atoms with Gasteiger partial charge in [0.05, 0.1) is 23.3 Å². The Bertz CT molecular complexity index is 1210. The van der Waals surface area contributed by atoms with E-state index in [4.69, 9.17) is 24.8 Å². The zero-order valence-electron chi connectivity index (χ0n) is 19.2. The van der Waals surface area contributed by atoms with Gasteiger partial charge in [0.25, 0.3) is 5.91 Å². The average molecular weight is 485 g/mol. The second kappa shape index (κ2) is 10.9. The number of imidazole rings is 1. The van der Waals surface area contributed by atoms with E-state index in [0.29, 0.717) is 30.2 Å². The van der Waals surface area contributed by atoms with Crippen molar-refractivity contribution in [3.8, 4) is 0 Å². The van der Waals surface area contributed by atoms with Gasteiger partial charge in [-0.25, -0.2) is 4.98 Å². The van der Waals surface area contributed by atoms with Crippen molar-refractivity contribution >= 4 is 28.3 Å². The van der Waals surface area contributed by atoms with Gasteiger partial charge in [0.15, 0.2) is 24.4 Å². The quantitative estimate of drug-likeness (QED) is 0.177. The van der Waals surface area contributed by atoms with Crippen molar-refractivity contribution in [2.45, 2.75) is 44.6 Å². The number of hydrogen-bond acceptors (Lipinski definition) is 9. The molecule has 4 rings (SSSR count). The first-order chi connectivity index (χ1) is 16.9. The lowest BCUT2D eigenvalue weighted by Crippen LogP contribution is -2.33. The van der Waals surface area contributed by atoms with Crippen molar-refractivity contribution < 1.29 is 34.8 Å². The van der Waals surface area contributed by atoms with E-state index in [9.17, 15) is 15.0 Å². The fourth-order valence-electron chi connectivity index (χ4n) is 4.06. The molecule has 0 fully saturated rings. The van der Waals surface area contributed by atoms with E-state index in [0.717, 1.165) is 17.5 Å². The maximum absolute atomic E-state index is 13.4. The third-order valence-corrected chi connectivity index (χ3v) is 5.72. The van der Waals surface area contributed by atoms with Crippen LogP contribution in [0.1, 0.15) is 24.2 Å². The Morgan fingerprint density at radius 3 is 2.54 bits per heavy atom. The number of hydrogen-bond donors (Lipinski definition) is 4. The Morgan fingerprint density at radius 2 is 1.80 bits per heavy atom. The maximum Gasteiger partial charge on any atom is 0.281 e. The van der Waals surface area contributed by atoms with Crippen molar-refractivity contribution in [1.29, 1.82) is 0 Å². The molecule has 0 aliphatic carbocycles. The van der Waals surface area contributed by atoms with E-state index >= 15 is 0 Å². The summed E-state index contributed by atoms with van der Waals surface area (Å²) in [5.41, 5.74) is 2.87. The highest BCUT2D eigenvalue weighted by Crippen LogP contribution is 2.31. The molecular formula is C24H28N4O7. The molecule has 3 aromatic rings. The first kappa shape index (κ1) is 24.8. The summed E-state index contributed by atoms with van der Waals surface area (Å²) < 4.78 is 7.26. The zero-order chi connectivity index (χ0) is 24.9. The van der Waals surface area contributed by atoms with E-state index in [2.05, 4.69) is 9.72 Å². The van der Waals surface area contributed by atoms with Gasteiger partial charge in [-0.3, -0.25) is 9.69 Å². The molecule has 0 saturated heterocycles. The lowest BCUT2D eigenvalue weighted by molar-refractivity contribution is -0.174. The summed E-state index contributed by atoms with van der Waals surface area (Å²) in [6, 6.07) is 14.8. The summed E-state index contributed by atoms with van der Waals surface area (Å²) in [4.78, 5) is 24.8. The molecule has 0 saturated carbocycles. The lowest BCUT2D eigenvalue weighted by Gasteiger charge is -2.18. The van der Waals surface area contributed by atoms with Gasteiger partial charge in [-0.05, 0) is 24.6 Å². The topological polar surface area (TPSA) is 150 Å². The van der Waals surface area contributed by atoms with Crippen molar-refractivity contribution in [3.63, 3.8) is 0 Å². The summed E-state index contributed by atoms with van der Waals surface area (Å²) in [6.45, 7) is 1.43. The molecule has 2 aromatic carbocycles. The van der Waals surface area contributed by atoms with Crippen LogP contribution in [0.2, 0.25) is 0 Å². The Kier molecular flexibility index (Phi) is 7.73. The molecule has 1 amide bonds. The minimum atomic E-state index is -2.02. The number of para-hydroxylation sites is 3. The number of rotatable bonds is 11. The van der Waals surface area contributed by atoms with Crippen LogP contribution in [0.3, 0.4) is 0 Å². The smallest absolute Gasteiger partial charge is 0.281 e. The number of benzene rings is 2. The number of anilines is 1. The second-order valence-electron chi connectivity index (χ2n) is 8.14. The number of aliphatic hydroxyl groups is 4. The molecule has 186 valence electrons. The summed E-state index contributed by atoms with van der Waals surface area (Å²) in [5, 5.41) is 41.1. The van der Waals surface area contributed by atoms with E-state index in [1.807, 2.05) is 24.3 Å². The fourth-order valence-corrected chi connectivity index (χ4v) is 4.06. The molecule has 1 atom stereocenters. The highest BCUT2D eigenvalue weighted by molar-refractivity contribution is 6.54. The molecule has 1 aliphatic rings. The summed E-state index contributed by atoms with van der Waals surface area (Å²) >= 11 is 0. The number of carbonyl (C=O) groups excluding carboxylic acids is 1. The van der Waals surface area contributed by atoms with Gasteiger partial charge >= 0.3 is 0 Å². The number of amides is 1. The molecule has 0 spiro atoms. The largest absolute Gasteiger partial charge is 0.386 e. The Balaban J connectivity index is 1.65. The van der Waals surface area contributed by atoms with E-state index in [-0.39, 0.29) is 12.3 Å². The highest BCUT2D eigenvalue weighted by atomic mass is 16.7. The molecule has 35 heavy (non-hydrogen) atoms. The molecule has 11 heteroatoms. The van der Waals surface area contributed by atoms with Crippen LogP contribution >= 0.6 is 0 Å². The molecule has 1 aromatic heterocycles. The van der Waals surface area contributed by atoms with Gasteiger partial charge in [0, 0.05) is 32.2 Å². The Labute approximate surface area is 201 Å². The predicted molar refractivity (Wildman–Crippen MR) is 126 cm³/mol. The Hall–Kier alpha value is -3.35. The number of aromatic nitrogens is 2. The number of oxime groups is 1. The standard InChI is InChI=1S/C24H28N4O7/c1-34-12-6-11-27-18-10-5-3-8-16(18)25-20(27)14-28-17-9-4-2-7-15(17)22(23(28)31)26-35-19(24(32)33)13-21(29)30/h2-5,7-10,19,21,24,29-30,32-33H,6,11-14H2,1H3/b26-22+. The van der Waals surface area contributed by atoms with Gasteiger partial charge < -0.3 is 34.6 Å². The normalized spacial score (nSPS) is 15.6. The predicted octanol–water partition coefficient (Wildman–Crippen LogP) is 0.720. The molecule has 1 unspecified atom stereocenters. The first-order valence-electron chi connectivity index (χ1n) is 11.2.